The molecule has 1 saturated carbocycles. The first kappa shape index (κ1) is 28.3. The predicted octanol–water partition coefficient (Wildman–Crippen LogP) is 7.63. The number of unbranched alkanes of at least 4 members (excludes halogenated alkanes) is 1. The predicted molar refractivity (Wildman–Crippen MR) is 166 cm³/mol. The van der Waals surface area contributed by atoms with Gasteiger partial charge in [-0.2, -0.15) is 0 Å². The van der Waals surface area contributed by atoms with Crippen molar-refractivity contribution in [2.24, 2.45) is 10.8 Å². The molecule has 1 aliphatic carbocycles. The van der Waals surface area contributed by atoms with Gasteiger partial charge < -0.3 is 9.80 Å². The lowest BCUT2D eigenvalue weighted by Crippen LogP contribution is -2.55. The summed E-state index contributed by atoms with van der Waals surface area (Å²) in [7, 11) is 2.24. The quantitative estimate of drug-likeness (QED) is 0.315. The molecule has 0 spiro atoms. The number of aryl methyl sites for hydroxylation is 1. The number of fused-ring (bicyclic) bond motifs is 1. The van der Waals surface area contributed by atoms with Crippen LogP contribution in [0.5, 0.6) is 0 Å². The molecule has 1 saturated heterocycles. The van der Waals surface area contributed by atoms with Crippen LogP contribution in [0.15, 0.2) is 78.2 Å². The van der Waals surface area contributed by atoms with E-state index in [0.29, 0.717) is 11.5 Å². The second-order valence-electron chi connectivity index (χ2n) is 13.0. The molecule has 2 aliphatic heterocycles. The van der Waals surface area contributed by atoms with Gasteiger partial charge in [-0.05, 0) is 77.4 Å². The lowest BCUT2D eigenvalue weighted by Gasteiger charge is -2.50. The van der Waals surface area contributed by atoms with Crippen LogP contribution < -0.4 is 10.4 Å². The van der Waals surface area contributed by atoms with E-state index < -0.39 is 0 Å². The first-order valence-corrected chi connectivity index (χ1v) is 14.8. The van der Waals surface area contributed by atoms with E-state index in [4.69, 9.17) is 0 Å². The van der Waals surface area contributed by atoms with Gasteiger partial charge in [-0.3, -0.25) is 0 Å². The lowest BCUT2D eigenvalue weighted by molar-refractivity contribution is 0.129. The van der Waals surface area contributed by atoms with E-state index in [0.717, 1.165) is 36.1 Å². The summed E-state index contributed by atoms with van der Waals surface area (Å²) in [5.41, 5.74) is 7.77. The van der Waals surface area contributed by atoms with Crippen molar-refractivity contribution < 1.29 is 0 Å². The van der Waals surface area contributed by atoms with Crippen molar-refractivity contribution in [1.82, 2.24) is 9.80 Å². The molecule has 2 nitrogen and oxygen atoms in total. The summed E-state index contributed by atoms with van der Waals surface area (Å²) in [6.45, 7) is 26.0. The maximum atomic E-state index is 4.66. The second kappa shape index (κ2) is 11.2. The number of hydrogen-bond acceptors (Lipinski definition) is 2. The van der Waals surface area contributed by atoms with E-state index in [1.807, 2.05) is 0 Å². The minimum absolute atomic E-state index is 0.103. The Hall–Kier alpha value is -2.74. The Morgan fingerprint density at radius 3 is 2.50 bits per heavy atom. The molecule has 0 amide bonds. The summed E-state index contributed by atoms with van der Waals surface area (Å²) in [5.74, 6) is 0. The van der Waals surface area contributed by atoms with Crippen molar-refractivity contribution in [3.63, 3.8) is 0 Å². The molecule has 1 unspecified atom stereocenters. The van der Waals surface area contributed by atoms with Crippen LogP contribution in [0.25, 0.3) is 12.3 Å². The van der Waals surface area contributed by atoms with E-state index in [9.17, 15) is 0 Å². The summed E-state index contributed by atoms with van der Waals surface area (Å²) in [6, 6.07) is 7.14. The van der Waals surface area contributed by atoms with Crippen LogP contribution in [0.1, 0.15) is 85.1 Å². The van der Waals surface area contributed by atoms with Gasteiger partial charge in [0.15, 0.2) is 0 Å². The first-order valence-electron chi connectivity index (χ1n) is 14.8. The van der Waals surface area contributed by atoms with Crippen LogP contribution in [0.4, 0.5) is 0 Å². The minimum Gasteiger partial charge on any atom is -0.370 e. The highest BCUT2D eigenvalue weighted by molar-refractivity contribution is 5.70. The molecule has 4 rings (SSSR count). The van der Waals surface area contributed by atoms with Gasteiger partial charge in [0.05, 0.1) is 17.4 Å². The van der Waals surface area contributed by atoms with E-state index >= 15 is 0 Å². The largest absolute Gasteiger partial charge is 0.370 e. The zero-order valence-electron chi connectivity index (χ0n) is 25.0. The van der Waals surface area contributed by atoms with E-state index in [1.165, 1.54) is 65.9 Å². The number of likely N-dealkylation sites (N-methyl/N-ethyl adjacent to an activating group) is 1. The Morgan fingerprint density at radius 1 is 1.13 bits per heavy atom. The maximum absolute atomic E-state index is 4.66. The molecule has 2 fully saturated rings. The molecule has 2 heterocycles. The van der Waals surface area contributed by atoms with Crippen molar-refractivity contribution >= 4 is 12.3 Å². The highest BCUT2D eigenvalue weighted by Gasteiger charge is 2.41. The molecular formula is C36H50N2. The smallest absolute Gasteiger partial charge is 0.0685 e. The number of rotatable bonds is 9. The van der Waals surface area contributed by atoms with Gasteiger partial charge in [0.2, 0.25) is 0 Å². The van der Waals surface area contributed by atoms with Crippen LogP contribution in [0.2, 0.25) is 0 Å². The van der Waals surface area contributed by atoms with Gasteiger partial charge in [-0.25, -0.2) is 0 Å². The van der Waals surface area contributed by atoms with Gasteiger partial charge in [-0.15, -0.1) is 0 Å². The topological polar surface area (TPSA) is 6.48 Å². The Morgan fingerprint density at radius 2 is 1.87 bits per heavy atom. The van der Waals surface area contributed by atoms with Crippen LogP contribution in [-0.4, -0.2) is 29.4 Å². The monoisotopic (exact) mass is 510 g/mol. The fourth-order valence-corrected chi connectivity index (χ4v) is 6.21. The van der Waals surface area contributed by atoms with Crippen LogP contribution >= 0.6 is 0 Å². The van der Waals surface area contributed by atoms with Crippen molar-refractivity contribution in [2.75, 3.05) is 13.6 Å². The van der Waals surface area contributed by atoms with Crippen molar-refractivity contribution in [3.05, 3.63) is 94.2 Å². The Kier molecular flexibility index (Phi) is 8.31. The molecule has 0 bridgehead atoms. The molecule has 1 aromatic carbocycles. The van der Waals surface area contributed by atoms with Crippen LogP contribution in [0.3, 0.4) is 0 Å². The highest BCUT2D eigenvalue weighted by Crippen LogP contribution is 2.53. The zero-order chi connectivity index (χ0) is 27.7. The Balaban J connectivity index is 1.76. The molecular weight excluding hydrogens is 460 g/mol. The third kappa shape index (κ3) is 5.80. The minimum atomic E-state index is 0.103. The van der Waals surface area contributed by atoms with E-state index in [1.54, 1.807) is 0 Å². The number of piperazine rings is 1. The van der Waals surface area contributed by atoms with Gasteiger partial charge in [0, 0.05) is 30.6 Å². The molecule has 38 heavy (non-hydrogen) atoms. The third-order valence-corrected chi connectivity index (χ3v) is 8.98. The van der Waals surface area contributed by atoms with Crippen molar-refractivity contribution in [1.29, 1.82) is 0 Å². The van der Waals surface area contributed by atoms with Gasteiger partial charge in [0.25, 0.3) is 0 Å². The average molecular weight is 511 g/mol. The Bertz CT molecular complexity index is 1280. The molecule has 3 aliphatic rings. The second-order valence-corrected chi connectivity index (χ2v) is 13.0. The zero-order valence-corrected chi connectivity index (χ0v) is 25.0. The SMILES string of the molecule is C=C1C=C2/C(=c3\cccc(CCC4(CCCC)CC4)c3=C)N(C)CC(C(C)(C)C)N2C=C1C(=C)/C=C\CC. The number of hydrogen-bond donors (Lipinski definition) is 0. The maximum Gasteiger partial charge on any atom is 0.0685 e. The van der Waals surface area contributed by atoms with Crippen molar-refractivity contribution in [2.45, 2.75) is 92.0 Å². The molecule has 0 radical (unpaired) electrons. The van der Waals surface area contributed by atoms with E-state index in [-0.39, 0.29) is 5.41 Å². The summed E-state index contributed by atoms with van der Waals surface area (Å²) in [4.78, 5) is 4.95. The van der Waals surface area contributed by atoms with Gasteiger partial charge in [-0.1, -0.05) is 97.5 Å². The van der Waals surface area contributed by atoms with Crippen molar-refractivity contribution in [3.8, 4) is 0 Å². The normalized spacial score (nSPS) is 22.4. The summed E-state index contributed by atoms with van der Waals surface area (Å²) in [5, 5.41) is 2.44. The van der Waals surface area contributed by atoms with E-state index in [2.05, 4.69) is 114 Å². The molecule has 0 N–H and O–H groups in total. The molecule has 0 aromatic heterocycles. The summed E-state index contributed by atoms with van der Waals surface area (Å²) < 4.78 is 0. The summed E-state index contributed by atoms with van der Waals surface area (Å²) >= 11 is 0. The summed E-state index contributed by atoms with van der Waals surface area (Å²) in [6.07, 6.45) is 19.2. The molecule has 1 aromatic rings. The fraction of sp³-hybridized carbons (Fsp3) is 0.500. The molecule has 204 valence electrons. The van der Waals surface area contributed by atoms with Crippen LogP contribution in [0, 0.1) is 10.8 Å². The number of nitrogens with zero attached hydrogens (tertiary/aromatic N) is 2. The molecule has 2 heteroatoms. The lowest BCUT2D eigenvalue weighted by atomic mass is 9.81. The standard InChI is InChI=1S/C36H50N2/c1-10-12-15-26(3)31-24-38-32(23-27(31)4)34(37(9)25-33(38)35(6,7)8)30-17-14-16-29(28(30)5)18-20-36(21-22-36)19-13-11-2/h12,14-17,23-24,33H,3-5,10-11,13,18-22,25H2,1-2,6-9H3/b15-12-,34-30-. The van der Waals surface area contributed by atoms with Crippen LogP contribution in [-0.2, 0) is 6.42 Å². The average Bonchev–Trinajstić information content (AvgIpc) is 3.64. The third-order valence-electron chi connectivity index (χ3n) is 8.98. The highest BCUT2D eigenvalue weighted by atomic mass is 15.3. The van der Waals surface area contributed by atoms with Gasteiger partial charge in [0.1, 0.15) is 0 Å². The fourth-order valence-electron chi connectivity index (χ4n) is 6.21. The number of allylic oxidation sites excluding steroid dienone is 6. The Labute approximate surface area is 232 Å². The first-order chi connectivity index (χ1) is 18.0. The van der Waals surface area contributed by atoms with Gasteiger partial charge >= 0.3 is 0 Å². The molecule has 1 atom stereocenters. The number of benzene rings is 1.